The number of aliphatic hydroxyl groups excluding tert-OH is 2. The molecule has 0 spiro atoms. The molecule has 0 saturated carbocycles. The summed E-state index contributed by atoms with van der Waals surface area (Å²) in [5, 5.41) is 21.0. The number of ether oxygens (including phenoxy) is 1. The molecule has 0 fully saturated rings. The lowest BCUT2D eigenvalue weighted by Gasteiger charge is -2.16. The molecule has 1 aromatic carbocycles. The molecule has 1 aromatic rings. The van der Waals surface area contributed by atoms with Crippen LogP contribution < -0.4 is 10.1 Å². The van der Waals surface area contributed by atoms with Gasteiger partial charge < -0.3 is 20.3 Å². The van der Waals surface area contributed by atoms with Crippen molar-refractivity contribution in [3.05, 3.63) is 28.2 Å². The molecule has 0 amide bonds. The van der Waals surface area contributed by atoms with E-state index >= 15 is 0 Å². The van der Waals surface area contributed by atoms with Crippen LogP contribution in [0, 0.1) is 0 Å². The van der Waals surface area contributed by atoms with Gasteiger partial charge in [-0.1, -0.05) is 15.9 Å². The standard InChI is InChI=1S/C12H16BrNO3/c13-9-1-2-12-8(3-9)4-11(17-12)5-14-10(6-15)7-16/h1-3,10-11,14-16H,4-7H2. The number of nitrogens with one attached hydrogen (secondary N) is 1. The molecule has 0 bridgehead atoms. The normalized spacial score (nSPS) is 18.2. The van der Waals surface area contributed by atoms with Crippen LogP contribution in [-0.4, -0.2) is 42.1 Å². The van der Waals surface area contributed by atoms with Crippen LogP contribution in [0.4, 0.5) is 0 Å². The third kappa shape index (κ3) is 3.19. The van der Waals surface area contributed by atoms with E-state index in [-0.39, 0.29) is 25.4 Å². The highest BCUT2D eigenvalue weighted by Crippen LogP contribution is 2.30. The van der Waals surface area contributed by atoms with Crippen LogP contribution in [0.2, 0.25) is 0 Å². The van der Waals surface area contributed by atoms with E-state index in [0.29, 0.717) is 6.54 Å². The van der Waals surface area contributed by atoms with Crippen LogP contribution in [0.3, 0.4) is 0 Å². The van der Waals surface area contributed by atoms with Crippen molar-refractivity contribution in [2.24, 2.45) is 0 Å². The number of fused-ring (bicyclic) bond motifs is 1. The van der Waals surface area contributed by atoms with Gasteiger partial charge in [0.05, 0.1) is 19.3 Å². The van der Waals surface area contributed by atoms with Gasteiger partial charge in [-0.2, -0.15) is 0 Å². The minimum Gasteiger partial charge on any atom is -0.488 e. The average molecular weight is 302 g/mol. The van der Waals surface area contributed by atoms with E-state index in [1.807, 2.05) is 12.1 Å². The average Bonchev–Trinajstić information content (AvgIpc) is 2.72. The van der Waals surface area contributed by atoms with Gasteiger partial charge in [0.15, 0.2) is 0 Å². The van der Waals surface area contributed by atoms with Gasteiger partial charge in [-0.15, -0.1) is 0 Å². The summed E-state index contributed by atoms with van der Waals surface area (Å²) < 4.78 is 6.81. The molecule has 1 aliphatic heterocycles. The number of rotatable bonds is 5. The molecule has 3 N–H and O–H groups in total. The van der Waals surface area contributed by atoms with Crippen molar-refractivity contribution in [2.75, 3.05) is 19.8 Å². The molecule has 94 valence electrons. The van der Waals surface area contributed by atoms with E-state index in [0.717, 1.165) is 16.6 Å². The highest BCUT2D eigenvalue weighted by Gasteiger charge is 2.23. The molecule has 1 unspecified atom stereocenters. The molecule has 0 aromatic heterocycles. The topological polar surface area (TPSA) is 61.7 Å². The Hall–Kier alpha value is -0.620. The molecule has 0 aliphatic carbocycles. The Morgan fingerprint density at radius 3 is 2.88 bits per heavy atom. The Balaban J connectivity index is 1.88. The summed E-state index contributed by atoms with van der Waals surface area (Å²) in [5.41, 5.74) is 1.19. The van der Waals surface area contributed by atoms with Crippen molar-refractivity contribution >= 4 is 15.9 Å². The number of hydrogen-bond acceptors (Lipinski definition) is 4. The van der Waals surface area contributed by atoms with Crippen molar-refractivity contribution in [3.63, 3.8) is 0 Å². The van der Waals surface area contributed by atoms with Crippen molar-refractivity contribution < 1.29 is 14.9 Å². The molecule has 0 saturated heterocycles. The summed E-state index contributed by atoms with van der Waals surface area (Å²) in [6.45, 7) is 0.488. The first kappa shape index (κ1) is 12.8. The first-order valence-electron chi connectivity index (χ1n) is 5.63. The highest BCUT2D eigenvalue weighted by atomic mass is 79.9. The van der Waals surface area contributed by atoms with Crippen LogP contribution >= 0.6 is 15.9 Å². The third-order valence-electron chi connectivity index (χ3n) is 2.84. The van der Waals surface area contributed by atoms with E-state index in [4.69, 9.17) is 14.9 Å². The monoisotopic (exact) mass is 301 g/mol. The maximum absolute atomic E-state index is 8.94. The molecule has 5 heteroatoms. The fourth-order valence-electron chi connectivity index (χ4n) is 1.89. The smallest absolute Gasteiger partial charge is 0.123 e. The maximum Gasteiger partial charge on any atom is 0.123 e. The Morgan fingerprint density at radius 2 is 2.18 bits per heavy atom. The fourth-order valence-corrected chi connectivity index (χ4v) is 2.30. The molecule has 1 atom stereocenters. The van der Waals surface area contributed by atoms with Crippen LogP contribution in [0.15, 0.2) is 22.7 Å². The molecular weight excluding hydrogens is 286 g/mol. The van der Waals surface area contributed by atoms with Gasteiger partial charge in [-0.3, -0.25) is 0 Å². The zero-order valence-electron chi connectivity index (χ0n) is 9.40. The predicted molar refractivity (Wildman–Crippen MR) is 68.2 cm³/mol. The van der Waals surface area contributed by atoms with Crippen molar-refractivity contribution in [1.82, 2.24) is 5.32 Å². The number of hydrogen-bond donors (Lipinski definition) is 3. The zero-order chi connectivity index (χ0) is 12.3. The molecule has 4 nitrogen and oxygen atoms in total. The summed E-state index contributed by atoms with van der Waals surface area (Å²) in [5.74, 6) is 0.921. The molecule has 1 heterocycles. The minimum absolute atomic E-state index is 0.0677. The summed E-state index contributed by atoms with van der Waals surface area (Å²) >= 11 is 3.43. The molecule has 17 heavy (non-hydrogen) atoms. The second kappa shape index (κ2) is 5.82. The summed E-state index contributed by atoms with van der Waals surface area (Å²) in [6.07, 6.45) is 0.922. The van der Waals surface area contributed by atoms with E-state index in [1.54, 1.807) is 0 Å². The second-order valence-electron chi connectivity index (χ2n) is 4.17. The number of aliphatic hydroxyl groups is 2. The molecule has 2 rings (SSSR count). The van der Waals surface area contributed by atoms with Crippen LogP contribution in [0.25, 0.3) is 0 Å². The van der Waals surface area contributed by atoms with Crippen molar-refractivity contribution in [3.8, 4) is 5.75 Å². The van der Waals surface area contributed by atoms with Crippen LogP contribution in [-0.2, 0) is 6.42 Å². The van der Waals surface area contributed by atoms with Gasteiger partial charge in [-0.05, 0) is 23.8 Å². The van der Waals surface area contributed by atoms with Crippen LogP contribution in [0.5, 0.6) is 5.75 Å². The molecular formula is C12H16BrNO3. The van der Waals surface area contributed by atoms with E-state index in [2.05, 4.69) is 27.3 Å². The first-order valence-corrected chi connectivity index (χ1v) is 6.42. The minimum atomic E-state index is -0.269. The second-order valence-corrected chi connectivity index (χ2v) is 5.08. The quantitative estimate of drug-likeness (QED) is 0.749. The fraction of sp³-hybridized carbons (Fsp3) is 0.500. The molecule has 0 radical (unpaired) electrons. The first-order chi connectivity index (χ1) is 8.22. The predicted octanol–water partition coefficient (Wildman–Crippen LogP) is 0.695. The summed E-state index contributed by atoms with van der Waals surface area (Å²) in [6, 6.07) is 5.70. The van der Waals surface area contributed by atoms with Gasteiger partial charge in [0.2, 0.25) is 0 Å². The third-order valence-corrected chi connectivity index (χ3v) is 3.33. The lowest BCUT2D eigenvalue weighted by Crippen LogP contribution is -2.41. The Bertz CT molecular complexity index is 382. The van der Waals surface area contributed by atoms with Gasteiger partial charge >= 0.3 is 0 Å². The van der Waals surface area contributed by atoms with E-state index in [1.165, 1.54) is 5.56 Å². The molecule has 1 aliphatic rings. The summed E-state index contributed by atoms with van der Waals surface area (Å²) in [7, 11) is 0. The van der Waals surface area contributed by atoms with Gasteiger partial charge in [0.25, 0.3) is 0 Å². The Morgan fingerprint density at radius 1 is 1.41 bits per heavy atom. The maximum atomic E-state index is 8.94. The largest absolute Gasteiger partial charge is 0.488 e. The highest BCUT2D eigenvalue weighted by molar-refractivity contribution is 9.10. The summed E-state index contributed by atoms with van der Waals surface area (Å²) in [4.78, 5) is 0. The van der Waals surface area contributed by atoms with Gasteiger partial charge in [-0.25, -0.2) is 0 Å². The van der Waals surface area contributed by atoms with Gasteiger partial charge in [0, 0.05) is 17.4 Å². The SMILES string of the molecule is OCC(CO)NCC1Cc2cc(Br)ccc2O1. The van der Waals surface area contributed by atoms with E-state index < -0.39 is 0 Å². The van der Waals surface area contributed by atoms with E-state index in [9.17, 15) is 0 Å². The number of benzene rings is 1. The lowest BCUT2D eigenvalue weighted by atomic mass is 10.1. The zero-order valence-corrected chi connectivity index (χ0v) is 11.0. The number of halogens is 1. The van der Waals surface area contributed by atoms with Crippen molar-refractivity contribution in [1.29, 1.82) is 0 Å². The van der Waals surface area contributed by atoms with Crippen molar-refractivity contribution in [2.45, 2.75) is 18.6 Å². The van der Waals surface area contributed by atoms with Crippen LogP contribution in [0.1, 0.15) is 5.56 Å². The Kier molecular flexibility index (Phi) is 4.39. The Labute approximate surface area is 109 Å². The lowest BCUT2D eigenvalue weighted by molar-refractivity contribution is 0.153. The van der Waals surface area contributed by atoms with Gasteiger partial charge in [0.1, 0.15) is 11.9 Å².